The van der Waals surface area contributed by atoms with Crippen molar-refractivity contribution in [2.75, 3.05) is 0 Å². The van der Waals surface area contributed by atoms with Crippen LogP contribution in [0.4, 0.5) is 0 Å². The predicted octanol–water partition coefficient (Wildman–Crippen LogP) is 3.98. The van der Waals surface area contributed by atoms with Gasteiger partial charge in [0.25, 0.3) is 0 Å². The SMILES string of the molecule is CC(c1ccc(-c2ccccc2)cc1)S(=O)(=O)Cl. The molecule has 0 aliphatic rings. The van der Waals surface area contributed by atoms with Crippen LogP contribution in [0.5, 0.6) is 0 Å². The Kier molecular flexibility index (Phi) is 3.73. The summed E-state index contributed by atoms with van der Waals surface area (Å²) in [5.74, 6) is 0. The van der Waals surface area contributed by atoms with Crippen molar-refractivity contribution in [3.63, 3.8) is 0 Å². The molecule has 2 rings (SSSR count). The lowest BCUT2D eigenvalue weighted by atomic mass is 10.0. The minimum atomic E-state index is -3.56. The van der Waals surface area contributed by atoms with E-state index in [1.54, 1.807) is 19.1 Å². The molecular formula is C14H13ClO2S. The van der Waals surface area contributed by atoms with Crippen LogP contribution in [0.1, 0.15) is 17.7 Å². The van der Waals surface area contributed by atoms with Gasteiger partial charge in [-0.15, -0.1) is 0 Å². The third kappa shape index (κ3) is 2.92. The van der Waals surface area contributed by atoms with Gasteiger partial charge in [-0.05, 0) is 23.6 Å². The number of rotatable bonds is 3. The fraction of sp³-hybridized carbons (Fsp3) is 0.143. The molecule has 0 amide bonds. The molecule has 2 nitrogen and oxygen atoms in total. The summed E-state index contributed by atoms with van der Waals surface area (Å²) in [5.41, 5.74) is 2.86. The van der Waals surface area contributed by atoms with E-state index in [9.17, 15) is 8.42 Å². The molecule has 0 N–H and O–H groups in total. The Morgan fingerprint density at radius 1 is 0.889 bits per heavy atom. The highest BCUT2D eigenvalue weighted by atomic mass is 35.7. The van der Waals surface area contributed by atoms with Crippen molar-refractivity contribution in [3.05, 3.63) is 60.2 Å². The van der Waals surface area contributed by atoms with Crippen molar-refractivity contribution in [1.29, 1.82) is 0 Å². The van der Waals surface area contributed by atoms with E-state index in [0.29, 0.717) is 5.56 Å². The van der Waals surface area contributed by atoms with Crippen molar-refractivity contribution in [2.45, 2.75) is 12.2 Å². The summed E-state index contributed by atoms with van der Waals surface area (Å²) in [6, 6.07) is 17.3. The first-order valence-electron chi connectivity index (χ1n) is 5.57. The number of hydrogen-bond acceptors (Lipinski definition) is 2. The zero-order valence-corrected chi connectivity index (χ0v) is 11.4. The summed E-state index contributed by atoms with van der Waals surface area (Å²) in [6.07, 6.45) is 0. The van der Waals surface area contributed by atoms with Gasteiger partial charge < -0.3 is 0 Å². The van der Waals surface area contributed by atoms with E-state index in [4.69, 9.17) is 10.7 Å². The molecule has 2 aromatic rings. The Hall–Kier alpha value is -1.32. The van der Waals surface area contributed by atoms with Crippen LogP contribution in [-0.2, 0) is 9.05 Å². The molecule has 0 saturated carbocycles. The van der Waals surface area contributed by atoms with Crippen molar-refractivity contribution < 1.29 is 8.42 Å². The number of benzene rings is 2. The van der Waals surface area contributed by atoms with Crippen LogP contribution < -0.4 is 0 Å². The molecule has 0 heterocycles. The zero-order chi connectivity index (χ0) is 13.2. The van der Waals surface area contributed by atoms with E-state index in [1.165, 1.54) is 0 Å². The topological polar surface area (TPSA) is 34.1 Å². The molecule has 18 heavy (non-hydrogen) atoms. The maximum Gasteiger partial charge on any atom is 0.239 e. The number of halogens is 1. The molecule has 0 radical (unpaired) electrons. The lowest BCUT2D eigenvalue weighted by molar-refractivity contribution is 0.600. The van der Waals surface area contributed by atoms with Gasteiger partial charge >= 0.3 is 0 Å². The summed E-state index contributed by atoms with van der Waals surface area (Å²) in [6.45, 7) is 1.58. The van der Waals surface area contributed by atoms with Gasteiger partial charge in [0.1, 0.15) is 0 Å². The Morgan fingerprint density at radius 2 is 1.39 bits per heavy atom. The summed E-state index contributed by atoms with van der Waals surface area (Å²) in [4.78, 5) is 0. The third-order valence-electron chi connectivity index (χ3n) is 2.91. The standard InChI is InChI=1S/C14H13ClO2S/c1-11(18(15,16)17)12-7-9-14(10-8-12)13-5-3-2-4-6-13/h2-11H,1H3. The maximum atomic E-state index is 11.3. The van der Waals surface area contributed by atoms with E-state index in [2.05, 4.69) is 0 Å². The minimum absolute atomic E-state index is 0.691. The van der Waals surface area contributed by atoms with E-state index in [0.717, 1.165) is 11.1 Å². The first kappa shape index (κ1) is 13.1. The molecule has 2 aromatic carbocycles. The lowest BCUT2D eigenvalue weighted by Crippen LogP contribution is -2.02. The molecule has 0 aliphatic heterocycles. The van der Waals surface area contributed by atoms with Crippen LogP contribution in [0.3, 0.4) is 0 Å². The van der Waals surface area contributed by atoms with Gasteiger partial charge in [-0.2, -0.15) is 0 Å². The normalized spacial score (nSPS) is 13.2. The Balaban J connectivity index is 2.32. The average Bonchev–Trinajstić information content (AvgIpc) is 2.38. The summed E-state index contributed by atoms with van der Waals surface area (Å²) >= 11 is 0. The predicted molar refractivity (Wildman–Crippen MR) is 75.1 cm³/mol. The second-order valence-electron chi connectivity index (χ2n) is 4.11. The molecule has 94 valence electrons. The molecule has 0 spiro atoms. The highest BCUT2D eigenvalue weighted by Gasteiger charge is 2.19. The molecule has 0 saturated heterocycles. The lowest BCUT2D eigenvalue weighted by Gasteiger charge is -2.09. The van der Waals surface area contributed by atoms with Crippen LogP contribution in [0.2, 0.25) is 0 Å². The Labute approximate surface area is 112 Å². The molecule has 1 atom stereocenters. The first-order valence-corrected chi connectivity index (χ1v) is 7.94. The van der Waals surface area contributed by atoms with Crippen LogP contribution in [0, 0.1) is 0 Å². The fourth-order valence-electron chi connectivity index (χ4n) is 1.74. The molecule has 0 aromatic heterocycles. The zero-order valence-electron chi connectivity index (χ0n) is 9.88. The largest absolute Gasteiger partial charge is 0.239 e. The Bertz CT molecular complexity index is 619. The highest BCUT2D eigenvalue weighted by Crippen LogP contribution is 2.27. The number of hydrogen-bond donors (Lipinski definition) is 0. The van der Waals surface area contributed by atoms with Crippen molar-refractivity contribution >= 4 is 19.7 Å². The van der Waals surface area contributed by atoms with Gasteiger partial charge in [0, 0.05) is 10.7 Å². The van der Waals surface area contributed by atoms with Gasteiger partial charge in [-0.1, -0.05) is 54.6 Å². The second kappa shape index (κ2) is 5.12. The summed E-state index contributed by atoms with van der Waals surface area (Å²) in [7, 11) is 1.79. The molecule has 0 aliphatic carbocycles. The minimum Gasteiger partial charge on any atom is -0.212 e. The molecule has 4 heteroatoms. The monoisotopic (exact) mass is 280 g/mol. The van der Waals surface area contributed by atoms with Gasteiger partial charge in [0.15, 0.2) is 0 Å². The molecular weight excluding hydrogens is 268 g/mol. The van der Waals surface area contributed by atoms with Crippen LogP contribution in [-0.4, -0.2) is 8.42 Å². The van der Waals surface area contributed by atoms with Crippen molar-refractivity contribution in [2.24, 2.45) is 0 Å². The highest BCUT2D eigenvalue weighted by molar-refractivity contribution is 8.13. The molecule has 0 bridgehead atoms. The summed E-state index contributed by atoms with van der Waals surface area (Å²) < 4.78 is 22.5. The average molecular weight is 281 g/mol. The van der Waals surface area contributed by atoms with Crippen molar-refractivity contribution in [3.8, 4) is 11.1 Å². The molecule has 0 fully saturated rings. The third-order valence-corrected chi connectivity index (χ3v) is 4.83. The van der Waals surface area contributed by atoms with Crippen LogP contribution >= 0.6 is 10.7 Å². The maximum absolute atomic E-state index is 11.3. The van der Waals surface area contributed by atoms with Crippen LogP contribution in [0.25, 0.3) is 11.1 Å². The fourth-order valence-corrected chi connectivity index (χ4v) is 2.53. The van der Waals surface area contributed by atoms with Crippen LogP contribution in [0.15, 0.2) is 54.6 Å². The van der Waals surface area contributed by atoms with E-state index in [-0.39, 0.29) is 0 Å². The first-order chi connectivity index (χ1) is 8.48. The van der Waals surface area contributed by atoms with Gasteiger partial charge in [-0.3, -0.25) is 0 Å². The smallest absolute Gasteiger partial charge is 0.212 e. The quantitative estimate of drug-likeness (QED) is 0.797. The van der Waals surface area contributed by atoms with Crippen molar-refractivity contribution in [1.82, 2.24) is 0 Å². The molecule has 1 unspecified atom stereocenters. The van der Waals surface area contributed by atoms with E-state index < -0.39 is 14.3 Å². The summed E-state index contributed by atoms with van der Waals surface area (Å²) in [5, 5.41) is -0.691. The second-order valence-corrected chi connectivity index (χ2v) is 7.05. The van der Waals surface area contributed by atoms with E-state index >= 15 is 0 Å². The van der Waals surface area contributed by atoms with E-state index in [1.807, 2.05) is 42.5 Å². The Morgan fingerprint density at radius 3 is 1.89 bits per heavy atom. The van der Waals surface area contributed by atoms with Gasteiger partial charge in [0.2, 0.25) is 9.05 Å². The van der Waals surface area contributed by atoms with Gasteiger partial charge in [-0.25, -0.2) is 8.42 Å². The van der Waals surface area contributed by atoms with Gasteiger partial charge in [0.05, 0.1) is 5.25 Å².